The molecule has 0 saturated heterocycles. The lowest BCUT2D eigenvalue weighted by Gasteiger charge is -2.37. The molecule has 4 nitrogen and oxygen atoms in total. The van der Waals surface area contributed by atoms with Crippen molar-refractivity contribution in [3.63, 3.8) is 0 Å². The van der Waals surface area contributed by atoms with E-state index in [4.69, 9.17) is 4.98 Å². The van der Waals surface area contributed by atoms with Gasteiger partial charge in [0.1, 0.15) is 11.8 Å². The molecule has 0 bridgehead atoms. The zero-order chi connectivity index (χ0) is 25.7. The normalized spacial score (nSPS) is 15.8. The molecular formula is C31H23BF2N4. The van der Waals surface area contributed by atoms with Gasteiger partial charge in [0.05, 0.1) is 17.6 Å². The van der Waals surface area contributed by atoms with Crippen LogP contribution in [0.3, 0.4) is 0 Å². The van der Waals surface area contributed by atoms with Crippen molar-refractivity contribution in [2.75, 3.05) is 0 Å². The summed E-state index contributed by atoms with van der Waals surface area (Å²) in [6.07, 6.45) is 10.1. The van der Waals surface area contributed by atoms with Crippen molar-refractivity contribution in [3.05, 3.63) is 168 Å². The number of imidazole rings is 1. The molecule has 184 valence electrons. The van der Waals surface area contributed by atoms with E-state index in [0.717, 1.165) is 25.7 Å². The van der Waals surface area contributed by atoms with E-state index < -0.39 is 12.5 Å². The second-order valence-corrected chi connectivity index (χ2v) is 9.54. The lowest BCUT2D eigenvalue weighted by molar-refractivity contribution is -0.356. The molecule has 0 atom stereocenters. The number of aromatic nitrogens is 3. The molecule has 2 aromatic heterocycles. The Kier molecular flexibility index (Phi) is 4.95. The third-order valence-corrected chi connectivity index (χ3v) is 7.54. The zero-order valence-electron chi connectivity index (χ0n) is 20.4. The van der Waals surface area contributed by atoms with E-state index in [1.165, 1.54) is 12.4 Å². The fourth-order valence-electron chi connectivity index (χ4n) is 5.90. The smallest absolute Gasteiger partial charge is 0.396 e. The topological polar surface area (TPSA) is 25.8 Å². The van der Waals surface area contributed by atoms with Crippen molar-refractivity contribution in [3.8, 4) is 0 Å². The third-order valence-electron chi connectivity index (χ3n) is 7.54. The average molecular weight is 500 g/mol. The molecule has 0 fully saturated rings. The molecular weight excluding hydrogens is 477 g/mol. The van der Waals surface area contributed by atoms with E-state index in [0.29, 0.717) is 22.7 Å². The Bertz CT molecular complexity index is 1640. The summed E-state index contributed by atoms with van der Waals surface area (Å²) in [6, 6.07) is 34.3. The summed E-state index contributed by atoms with van der Waals surface area (Å²) in [5.74, 6) is 0. The van der Waals surface area contributed by atoms with Gasteiger partial charge in [-0.2, -0.15) is 0 Å². The van der Waals surface area contributed by atoms with E-state index >= 15 is 8.63 Å². The number of fused-ring (bicyclic) bond motifs is 2. The largest absolute Gasteiger partial charge is 0.737 e. The van der Waals surface area contributed by atoms with Crippen molar-refractivity contribution in [1.82, 2.24) is 14.0 Å². The fraction of sp³-hybridized carbons (Fsp3) is 0.0323. The van der Waals surface area contributed by atoms with Crippen LogP contribution in [-0.2, 0) is 5.54 Å². The fourth-order valence-corrected chi connectivity index (χ4v) is 5.90. The van der Waals surface area contributed by atoms with E-state index in [-0.39, 0.29) is 0 Å². The van der Waals surface area contributed by atoms with Gasteiger partial charge in [0, 0.05) is 24.0 Å². The Balaban J connectivity index is 1.51. The van der Waals surface area contributed by atoms with Gasteiger partial charge < -0.3 is 22.2 Å². The molecule has 0 unspecified atom stereocenters. The molecule has 0 saturated carbocycles. The highest BCUT2D eigenvalue weighted by molar-refractivity contribution is 6.57. The van der Waals surface area contributed by atoms with Crippen LogP contribution in [-0.4, -0.2) is 31.7 Å². The highest BCUT2D eigenvalue weighted by atomic mass is 19.2. The summed E-state index contributed by atoms with van der Waals surface area (Å²) in [6.45, 7) is -3.97. The van der Waals surface area contributed by atoms with Gasteiger partial charge in [-0.1, -0.05) is 91.0 Å². The Morgan fingerprint density at radius 2 is 1.32 bits per heavy atom. The molecule has 0 aliphatic carbocycles. The number of nitrogens with zero attached hydrogens (tertiary/aromatic N) is 4. The average Bonchev–Trinajstić information content (AvgIpc) is 3.74. The van der Waals surface area contributed by atoms with Gasteiger partial charge in [0.2, 0.25) is 0 Å². The van der Waals surface area contributed by atoms with Gasteiger partial charge in [0.15, 0.2) is 5.70 Å². The molecule has 0 N–H and O–H groups in total. The second-order valence-electron chi connectivity index (χ2n) is 9.54. The summed E-state index contributed by atoms with van der Waals surface area (Å²) in [5.41, 5.74) is 4.68. The minimum Gasteiger partial charge on any atom is -0.396 e. The second kappa shape index (κ2) is 8.38. The zero-order valence-corrected chi connectivity index (χ0v) is 20.4. The first-order valence-electron chi connectivity index (χ1n) is 12.6. The summed E-state index contributed by atoms with van der Waals surface area (Å²) in [7, 11) is 0. The predicted molar refractivity (Wildman–Crippen MR) is 146 cm³/mol. The number of rotatable bonds is 5. The molecule has 0 radical (unpaired) electrons. The Morgan fingerprint density at radius 3 is 1.89 bits per heavy atom. The van der Waals surface area contributed by atoms with Crippen molar-refractivity contribution in [1.29, 1.82) is 0 Å². The maximum atomic E-state index is 15.4. The lowest BCUT2D eigenvalue weighted by atomic mass is 9.76. The SMILES string of the molecule is F[B-]1(F)n2cccc2C(c2cn(C(c3ccccc3)(c3ccccc3)c3ccccc3)cn2)=C2C=CC=[N+]21. The maximum absolute atomic E-state index is 15.4. The molecule has 7 rings (SSSR count). The van der Waals surface area contributed by atoms with Crippen LogP contribution >= 0.6 is 0 Å². The summed E-state index contributed by atoms with van der Waals surface area (Å²) in [5, 5.41) is 0. The minimum atomic E-state index is -3.97. The van der Waals surface area contributed by atoms with Crippen LogP contribution in [0.15, 0.2) is 140 Å². The number of hydrogen-bond acceptors (Lipinski definition) is 1. The first-order chi connectivity index (χ1) is 18.6. The van der Waals surface area contributed by atoms with Crippen LogP contribution in [0.5, 0.6) is 0 Å². The van der Waals surface area contributed by atoms with Crippen LogP contribution in [0.2, 0.25) is 0 Å². The first kappa shape index (κ1) is 22.4. The Hall–Kier alpha value is -4.78. The highest BCUT2D eigenvalue weighted by Crippen LogP contribution is 2.43. The number of halogens is 2. The van der Waals surface area contributed by atoms with Gasteiger partial charge in [-0.05, 0) is 35.0 Å². The molecule has 2 aliphatic rings. The predicted octanol–water partition coefficient (Wildman–Crippen LogP) is 6.17. The van der Waals surface area contributed by atoms with Gasteiger partial charge in [0.25, 0.3) is 0 Å². The van der Waals surface area contributed by atoms with E-state index in [1.807, 2.05) is 67.1 Å². The molecule has 2 aliphatic heterocycles. The molecule has 7 heteroatoms. The Labute approximate surface area is 219 Å². The van der Waals surface area contributed by atoms with E-state index in [9.17, 15) is 0 Å². The van der Waals surface area contributed by atoms with Gasteiger partial charge in [-0.3, -0.25) is 0 Å². The number of hydrogen-bond donors (Lipinski definition) is 0. The molecule has 0 spiro atoms. The van der Waals surface area contributed by atoms with Crippen LogP contribution in [0, 0.1) is 0 Å². The van der Waals surface area contributed by atoms with Gasteiger partial charge >= 0.3 is 6.97 Å². The molecule has 0 amide bonds. The molecule has 5 aromatic rings. The Morgan fingerprint density at radius 1 is 0.737 bits per heavy atom. The van der Waals surface area contributed by atoms with Crippen molar-refractivity contribution in [2.45, 2.75) is 5.54 Å². The summed E-state index contributed by atoms with van der Waals surface area (Å²) >= 11 is 0. The highest BCUT2D eigenvalue weighted by Gasteiger charge is 2.52. The molecule has 4 heterocycles. The van der Waals surface area contributed by atoms with Crippen molar-refractivity contribution >= 4 is 18.8 Å². The van der Waals surface area contributed by atoms with Gasteiger partial charge in [-0.15, -0.1) is 0 Å². The lowest BCUT2D eigenvalue weighted by Crippen LogP contribution is -2.49. The molecule has 3 aromatic carbocycles. The van der Waals surface area contributed by atoms with Crippen LogP contribution in [0.4, 0.5) is 8.63 Å². The third kappa shape index (κ3) is 3.08. The van der Waals surface area contributed by atoms with Crippen molar-refractivity contribution < 1.29 is 13.1 Å². The van der Waals surface area contributed by atoms with E-state index in [2.05, 4.69) is 41.0 Å². The standard InChI is InChI=1S/C31H23BF2N4/c33-32(34)37-20-10-18-28(37)30(29-19-11-21-38(29)32)27-22-36(23-35-27)31(24-12-4-1-5-13-24,25-14-6-2-7-15-25)26-16-8-3-9-17-26/h1-23H. The number of benzene rings is 3. The summed E-state index contributed by atoms with van der Waals surface area (Å²) < 4.78 is 35.0. The van der Waals surface area contributed by atoms with Crippen LogP contribution in [0.25, 0.3) is 5.57 Å². The first-order valence-corrected chi connectivity index (χ1v) is 12.6. The van der Waals surface area contributed by atoms with Crippen LogP contribution < -0.4 is 0 Å². The van der Waals surface area contributed by atoms with E-state index in [1.54, 1.807) is 24.3 Å². The number of allylic oxidation sites excluding steroid dienone is 2. The maximum Gasteiger partial charge on any atom is 0.737 e. The monoisotopic (exact) mass is 500 g/mol. The minimum absolute atomic E-state index is 0.455. The summed E-state index contributed by atoms with van der Waals surface area (Å²) in [4.78, 5) is 4.85. The quantitative estimate of drug-likeness (QED) is 0.209. The van der Waals surface area contributed by atoms with Crippen molar-refractivity contribution in [2.24, 2.45) is 0 Å². The van der Waals surface area contributed by atoms with Gasteiger partial charge in [-0.25, -0.2) is 4.98 Å². The molecule has 38 heavy (non-hydrogen) atoms. The van der Waals surface area contributed by atoms with Crippen LogP contribution in [0.1, 0.15) is 28.1 Å².